The lowest BCUT2D eigenvalue weighted by molar-refractivity contribution is -0.130. The third-order valence-corrected chi connectivity index (χ3v) is 4.71. The average Bonchev–Trinajstić information content (AvgIpc) is 2.54. The summed E-state index contributed by atoms with van der Waals surface area (Å²) < 4.78 is 16.4. The molecule has 0 radical (unpaired) electrons. The van der Waals surface area contributed by atoms with Gasteiger partial charge in [0.15, 0.2) is 11.6 Å². The van der Waals surface area contributed by atoms with Crippen LogP contribution in [0.5, 0.6) is 0 Å². The molecule has 1 aliphatic carbocycles. The van der Waals surface area contributed by atoms with Gasteiger partial charge < -0.3 is 14.2 Å². The van der Waals surface area contributed by atoms with Gasteiger partial charge in [0.25, 0.3) is 0 Å². The van der Waals surface area contributed by atoms with Crippen molar-refractivity contribution >= 4 is 11.6 Å². The summed E-state index contributed by atoms with van der Waals surface area (Å²) in [7, 11) is 0. The Hall–Kier alpha value is -0.780. The van der Waals surface area contributed by atoms with Crippen LogP contribution >= 0.6 is 0 Å². The van der Waals surface area contributed by atoms with Gasteiger partial charge in [-0.3, -0.25) is 9.59 Å². The van der Waals surface area contributed by atoms with Gasteiger partial charge in [-0.15, -0.1) is 0 Å². The second-order valence-electron chi connectivity index (χ2n) is 7.72. The van der Waals surface area contributed by atoms with Gasteiger partial charge in [-0.25, -0.2) is 0 Å². The van der Waals surface area contributed by atoms with Crippen molar-refractivity contribution in [2.24, 2.45) is 0 Å². The third-order valence-electron chi connectivity index (χ3n) is 4.71. The number of hydrogen-bond acceptors (Lipinski definition) is 5. The van der Waals surface area contributed by atoms with Crippen LogP contribution in [-0.4, -0.2) is 49.2 Å². The summed E-state index contributed by atoms with van der Waals surface area (Å²) in [5, 5.41) is 0. The van der Waals surface area contributed by atoms with E-state index in [0.717, 1.165) is 25.7 Å². The van der Waals surface area contributed by atoms with E-state index < -0.39 is 0 Å². The quantitative estimate of drug-likeness (QED) is 0.693. The first-order valence-electron chi connectivity index (χ1n) is 9.67. The highest BCUT2D eigenvalue weighted by molar-refractivity contribution is 5.77. The molecule has 0 amide bonds. The predicted octanol–water partition coefficient (Wildman–Crippen LogP) is 3.86. The zero-order valence-electron chi connectivity index (χ0n) is 16.5. The minimum absolute atomic E-state index is 0.01000. The molecule has 25 heavy (non-hydrogen) atoms. The Morgan fingerprint density at radius 3 is 2.20 bits per heavy atom. The van der Waals surface area contributed by atoms with Crippen LogP contribution in [0.4, 0.5) is 0 Å². The van der Waals surface area contributed by atoms with Crippen molar-refractivity contribution in [1.29, 1.82) is 0 Å². The van der Waals surface area contributed by atoms with Crippen molar-refractivity contribution < 1.29 is 23.8 Å². The van der Waals surface area contributed by atoms with Crippen LogP contribution in [0.25, 0.3) is 0 Å². The number of carbonyl (C=O) groups excluding carboxylic acids is 2. The highest BCUT2D eigenvalue weighted by Crippen LogP contribution is 2.30. The molecule has 2 unspecified atom stereocenters. The molecule has 2 aliphatic rings. The number of hydrogen-bond donors (Lipinski definition) is 0. The SMILES string of the molecule is CC(=O)COC1(C)CCCCC1.CC(=O)COCC1CCCC(C)O1. The van der Waals surface area contributed by atoms with Gasteiger partial charge in [-0.1, -0.05) is 19.3 Å². The Labute approximate surface area is 152 Å². The summed E-state index contributed by atoms with van der Waals surface area (Å²) >= 11 is 0. The Morgan fingerprint density at radius 2 is 1.64 bits per heavy atom. The van der Waals surface area contributed by atoms with Crippen molar-refractivity contribution in [3.63, 3.8) is 0 Å². The Kier molecular flexibility index (Phi) is 10.5. The smallest absolute Gasteiger partial charge is 0.155 e. The maximum Gasteiger partial charge on any atom is 0.155 e. The van der Waals surface area contributed by atoms with E-state index in [1.165, 1.54) is 32.6 Å². The molecular formula is C20H36O5. The van der Waals surface area contributed by atoms with E-state index in [0.29, 0.717) is 12.7 Å². The van der Waals surface area contributed by atoms with E-state index in [-0.39, 0.29) is 36.5 Å². The molecule has 1 saturated heterocycles. The zero-order chi connectivity index (χ0) is 18.7. The fourth-order valence-corrected chi connectivity index (χ4v) is 3.27. The second kappa shape index (κ2) is 11.8. The summed E-state index contributed by atoms with van der Waals surface area (Å²) in [5.74, 6) is 0.200. The van der Waals surface area contributed by atoms with Gasteiger partial charge in [0.05, 0.1) is 24.4 Å². The highest BCUT2D eigenvalue weighted by atomic mass is 16.5. The summed E-state index contributed by atoms with van der Waals surface area (Å²) in [6, 6.07) is 0. The maximum absolute atomic E-state index is 10.7. The fourth-order valence-electron chi connectivity index (χ4n) is 3.27. The summed E-state index contributed by atoms with van der Waals surface area (Å²) in [6.07, 6.45) is 9.98. The van der Waals surface area contributed by atoms with Crippen LogP contribution in [0.1, 0.15) is 79.1 Å². The van der Waals surface area contributed by atoms with E-state index in [1.54, 1.807) is 6.92 Å². The molecule has 1 aliphatic heterocycles. The molecule has 0 bridgehead atoms. The van der Waals surface area contributed by atoms with Gasteiger partial charge in [0.1, 0.15) is 13.2 Å². The number of Topliss-reactive ketones (excluding diaryl/α,β-unsaturated/α-hetero) is 2. The molecule has 2 atom stereocenters. The van der Waals surface area contributed by atoms with Crippen molar-refractivity contribution in [3.05, 3.63) is 0 Å². The first-order chi connectivity index (χ1) is 11.8. The lowest BCUT2D eigenvalue weighted by atomic mass is 9.86. The second-order valence-corrected chi connectivity index (χ2v) is 7.72. The highest BCUT2D eigenvalue weighted by Gasteiger charge is 2.27. The lowest BCUT2D eigenvalue weighted by Gasteiger charge is -2.33. The molecule has 5 nitrogen and oxygen atoms in total. The molecule has 2 fully saturated rings. The van der Waals surface area contributed by atoms with E-state index >= 15 is 0 Å². The van der Waals surface area contributed by atoms with Gasteiger partial charge >= 0.3 is 0 Å². The minimum Gasteiger partial charge on any atom is -0.373 e. The van der Waals surface area contributed by atoms with E-state index in [2.05, 4.69) is 13.8 Å². The maximum atomic E-state index is 10.7. The predicted molar refractivity (Wildman–Crippen MR) is 97.8 cm³/mol. The van der Waals surface area contributed by atoms with Crippen LogP contribution in [0, 0.1) is 0 Å². The van der Waals surface area contributed by atoms with Crippen molar-refractivity contribution in [2.75, 3.05) is 19.8 Å². The van der Waals surface area contributed by atoms with E-state index in [1.807, 2.05) is 0 Å². The average molecular weight is 357 g/mol. The number of ether oxygens (including phenoxy) is 3. The van der Waals surface area contributed by atoms with Crippen LogP contribution in [-0.2, 0) is 23.8 Å². The van der Waals surface area contributed by atoms with Crippen molar-refractivity contribution in [2.45, 2.75) is 96.9 Å². The molecule has 1 heterocycles. The van der Waals surface area contributed by atoms with Crippen LogP contribution < -0.4 is 0 Å². The van der Waals surface area contributed by atoms with Crippen LogP contribution in [0.15, 0.2) is 0 Å². The fraction of sp³-hybridized carbons (Fsp3) is 0.900. The van der Waals surface area contributed by atoms with Gasteiger partial charge in [-0.2, -0.15) is 0 Å². The van der Waals surface area contributed by atoms with E-state index in [4.69, 9.17) is 14.2 Å². The molecule has 0 spiro atoms. The summed E-state index contributed by atoms with van der Waals surface area (Å²) in [6.45, 7) is 8.37. The molecule has 0 N–H and O–H groups in total. The Morgan fingerprint density at radius 1 is 1.00 bits per heavy atom. The largest absolute Gasteiger partial charge is 0.373 e. The molecule has 1 saturated carbocycles. The van der Waals surface area contributed by atoms with Crippen LogP contribution in [0.2, 0.25) is 0 Å². The molecule has 0 aromatic rings. The zero-order valence-corrected chi connectivity index (χ0v) is 16.5. The van der Waals surface area contributed by atoms with Crippen LogP contribution in [0.3, 0.4) is 0 Å². The van der Waals surface area contributed by atoms with Gasteiger partial charge in [-0.05, 0) is 59.8 Å². The number of rotatable bonds is 7. The number of carbonyl (C=O) groups is 2. The molecule has 0 aromatic heterocycles. The monoisotopic (exact) mass is 356 g/mol. The van der Waals surface area contributed by atoms with Crippen molar-refractivity contribution in [1.82, 2.24) is 0 Å². The lowest BCUT2D eigenvalue weighted by Crippen LogP contribution is -2.32. The Bertz CT molecular complexity index is 401. The first kappa shape index (κ1) is 22.3. The van der Waals surface area contributed by atoms with Gasteiger partial charge in [0, 0.05) is 0 Å². The first-order valence-corrected chi connectivity index (χ1v) is 9.67. The van der Waals surface area contributed by atoms with Gasteiger partial charge in [0.2, 0.25) is 0 Å². The molecule has 2 rings (SSSR count). The topological polar surface area (TPSA) is 61.8 Å². The molecule has 146 valence electrons. The Balaban J connectivity index is 0.000000251. The molecular weight excluding hydrogens is 320 g/mol. The molecule has 0 aromatic carbocycles. The summed E-state index contributed by atoms with van der Waals surface area (Å²) in [5.41, 5.74) is -0.01000. The normalized spacial score (nSPS) is 25.6. The molecule has 5 heteroatoms. The summed E-state index contributed by atoms with van der Waals surface area (Å²) in [4.78, 5) is 21.3. The third kappa shape index (κ3) is 10.7. The minimum atomic E-state index is -0.01000. The standard InChI is InChI=1S/C10H18O3.C10H18O2/c1-8(11)6-12-7-10-5-3-4-9(2)13-10;1-9(11)8-12-10(2)6-4-3-5-7-10/h9-10H,3-7H2,1-2H3;3-8H2,1-2H3. The van der Waals surface area contributed by atoms with Crippen molar-refractivity contribution in [3.8, 4) is 0 Å². The number of ketones is 2. The van der Waals surface area contributed by atoms with E-state index in [9.17, 15) is 9.59 Å².